The first kappa shape index (κ1) is 9.19. The smallest absolute Gasteiger partial charge is 0.0729 e. The fraction of sp³-hybridized carbons (Fsp3) is 0.750. The van der Waals surface area contributed by atoms with Crippen molar-refractivity contribution in [3.8, 4) is 0 Å². The van der Waals surface area contributed by atoms with Crippen LogP contribution in [0.5, 0.6) is 0 Å². The van der Waals surface area contributed by atoms with Crippen LogP contribution in [-0.2, 0) is 0 Å². The van der Waals surface area contributed by atoms with Crippen molar-refractivity contribution in [1.82, 2.24) is 5.12 Å². The first-order valence-electron chi connectivity index (χ1n) is 4.14. The van der Waals surface area contributed by atoms with Crippen molar-refractivity contribution >= 4 is 11.9 Å². The Morgan fingerprint density at radius 3 is 2.75 bits per heavy atom. The number of rotatable bonds is 2. The summed E-state index contributed by atoms with van der Waals surface area (Å²) >= 11 is 0. The maximum atomic E-state index is 5.39. The molecule has 0 fully saturated rings. The summed E-state index contributed by atoms with van der Waals surface area (Å²) < 4.78 is 0. The molecular formula is C8H16N4. The molecule has 4 nitrogen and oxygen atoms in total. The van der Waals surface area contributed by atoms with Crippen molar-refractivity contribution < 1.29 is 0 Å². The SMILES string of the molecule is CC1=NN(CCN)N=CC1(C)C. The molecule has 1 rings (SSSR count). The van der Waals surface area contributed by atoms with Crippen LogP contribution in [0.25, 0.3) is 0 Å². The zero-order valence-corrected chi connectivity index (χ0v) is 7.91. The molecule has 4 heteroatoms. The third-order valence-electron chi connectivity index (χ3n) is 2.04. The zero-order valence-electron chi connectivity index (χ0n) is 7.91. The van der Waals surface area contributed by atoms with Gasteiger partial charge < -0.3 is 5.73 Å². The van der Waals surface area contributed by atoms with Crippen LogP contribution in [0.4, 0.5) is 0 Å². The summed E-state index contributed by atoms with van der Waals surface area (Å²) in [7, 11) is 0. The molecule has 0 aromatic carbocycles. The molecule has 1 aliphatic heterocycles. The largest absolute Gasteiger partial charge is 0.329 e. The van der Waals surface area contributed by atoms with Gasteiger partial charge >= 0.3 is 0 Å². The Bertz CT molecular complexity index is 217. The molecule has 0 aromatic heterocycles. The lowest BCUT2D eigenvalue weighted by Crippen LogP contribution is -2.33. The van der Waals surface area contributed by atoms with Gasteiger partial charge in [-0.25, -0.2) is 0 Å². The van der Waals surface area contributed by atoms with E-state index < -0.39 is 0 Å². The van der Waals surface area contributed by atoms with E-state index in [0.717, 1.165) is 5.71 Å². The highest BCUT2D eigenvalue weighted by molar-refractivity contribution is 6.01. The second kappa shape index (κ2) is 3.23. The number of hydrogen-bond acceptors (Lipinski definition) is 4. The van der Waals surface area contributed by atoms with E-state index in [0.29, 0.717) is 13.1 Å². The van der Waals surface area contributed by atoms with Crippen molar-refractivity contribution in [2.45, 2.75) is 20.8 Å². The molecule has 0 bridgehead atoms. The summed E-state index contributed by atoms with van der Waals surface area (Å²) in [4.78, 5) is 0. The Morgan fingerprint density at radius 1 is 1.58 bits per heavy atom. The molecule has 1 heterocycles. The van der Waals surface area contributed by atoms with Gasteiger partial charge in [-0.3, -0.25) is 0 Å². The Kier molecular flexibility index (Phi) is 2.47. The second-order valence-corrected chi connectivity index (χ2v) is 3.54. The van der Waals surface area contributed by atoms with Crippen LogP contribution in [0.15, 0.2) is 10.2 Å². The molecule has 0 aliphatic carbocycles. The van der Waals surface area contributed by atoms with E-state index in [1.165, 1.54) is 0 Å². The highest BCUT2D eigenvalue weighted by Crippen LogP contribution is 2.19. The molecule has 0 radical (unpaired) electrons. The molecule has 0 unspecified atom stereocenters. The topological polar surface area (TPSA) is 54.0 Å². The maximum absolute atomic E-state index is 5.39. The Morgan fingerprint density at radius 2 is 2.25 bits per heavy atom. The van der Waals surface area contributed by atoms with Gasteiger partial charge in [-0.05, 0) is 20.8 Å². The van der Waals surface area contributed by atoms with Gasteiger partial charge in [0.05, 0.1) is 6.54 Å². The quantitative estimate of drug-likeness (QED) is 0.658. The number of hydrogen-bond donors (Lipinski definition) is 1. The minimum Gasteiger partial charge on any atom is -0.329 e. The van der Waals surface area contributed by atoms with Crippen LogP contribution in [0.2, 0.25) is 0 Å². The maximum Gasteiger partial charge on any atom is 0.0729 e. The summed E-state index contributed by atoms with van der Waals surface area (Å²) in [6, 6.07) is 0. The lowest BCUT2D eigenvalue weighted by molar-refractivity contribution is 0.300. The van der Waals surface area contributed by atoms with E-state index in [4.69, 9.17) is 5.73 Å². The van der Waals surface area contributed by atoms with Crippen LogP contribution in [0.3, 0.4) is 0 Å². The summed E-state index contributed by atoms with van der Waals surface area (Å²) in [6.45, 7) is 7.46. The Labute approximate surface area is 73.1 Å². The highest BCUT2D eigenvalue weighted by atomic mass is 15.7. The van der Waals surface area contributed by atoms with E-state index in [1.807, 2.05) is 13.1 Å². The molecule has 0 spiro atoms. The van der Waals surface area contributed by atoms with Crippen molar-refractivity contribution in [3.05, 3.63) is 0 Å². The first-order chi connectivity index (χ1) is 5.56. The summed E-state index contributed by atoms with van der Waals surface area (Å²) in [6.07, 6.45) is 1.91. The molecule has 12 heavy (non-hydrogen) atoms. The van der Waals surface area contributed by atoms with Crippen molar-refractivity contribution in [1.29, 1.82) is 0 Å². The lowest BCUT2D eigenvalue weighted by Gasteiger charge is -2.27. The summed E-state index contributed by atoms with van der Waals surface area (Å²) in [5.74, 6) is 0. The molecule has 0 aromatic rings. The van der Waals surface area contributed by atoms with Gasteiger partial charge in [-0.15, -0.1) is 0 Å². The normalized spacial score (nSPS) is 21.0. The first-order valence-corrected chi connectivity index (χ1v) is 4.14. The summed E-state index contributed by atoms with van der Waals surface area (Å²) in [5.41, 5.74) is 6.45. The number of nitrogens with two attached hydrogens (primary N) is 1. The van der Waals surface area contributed by atoms with Crippen molar-refractivity contribution in [2.24, 2.45) is 21.4 Å². The summed E-state index contributed by atoms with van der Waals surface area (Å²) in [5, 5.41) is 10.1. The third kappa shape index (κ3) is 1.82. The zero-order chi connectivity index (χ0) is 9.19. The van der Waals surface area contributed by atoms with Gasteiger partial charge in [0.15, 0.2) is 0 Å². The van der Waals surface area contributed by atoms with E-state index in [-0.39, 0.29) is 5.41 Å². The highest BCUT2D eigenvalue weighted by Gasteiger charge is 2.23. The van der Waals surface area contributed by atoms with Gasteiger partial charge in [0, 0.05) is 23.9 Å². The van der Waals surface area contributed by atoms with Crippen LogP contribution >= 0.6 is 0 Å². The van der Waals surface area contributed by atoms with E-state index >= 15 is 0 Å². The average Bonchev–Trinajstić information content (AvgIpc) is 1.98. The van der Waals surface area contributed by atoms with Gasteiger partial charge in [-0.2, -0.15) is 15.3 Å². The molecule has 2 N–H and O–H groups in total. The van der Waals surface area contributed by atoms with Crippen molar-refractivity contribution in [2.75, 3.05) is 13.1 Å². The second-order valence-electron chi connectivity index (χ2n) is 3.54. The molecule has 0 amide bonds. The average molecular weight is 168 g/mol. The Balaban J connectivity index is 2.69. The van der Waals surface area contributed by atoms with Crippen molar-refractivity contribution in [3.63, 3.8) is 0 Å². The fourth-order valence-electron chi connectivity index (χ4n) is 0.855. The molecule has 0 atom stereocenters. The minimum absolute atomic E-state index is 0.00883. The van der Waals surface area contributed by atoms with E-state index in [2.05, 4.69) is 24.1 Å². The molecule has 0 saturated carbocycles. The fourth-order valence-corrected chi connectivity index (χ4v) is 0.855. The standard InChI is InChI=1S/C8H16N4/c1-7-8(2,3)6-10-12(11-7)5-4-9/h6H,4-5,9H2,1-3H3. The lowest BCUT2D eigenvalue weighted by atomic mass is 9.90. The van der Waals surface area contributed by atoms with Crippen LogP contribution in [-0.4, -0.2) is 30.1 Å². The van der Waals surface area contributed by atoms with E-state index in [9.17, 15) is 0 Å². The molecule has 68 valence electrons. The molecule has 0 saturated heterocycles. The minimum atomic E-state index is -0.00883. The van der Waals surface area contributed by atoms with E-state index in [1.54, 1.807) is 5.12 Å². The number of nitrogens with zero attached hydrogens (tertiary/aromatic N) is 3. The molecular weight excluding hydrogens is 152 g/mol. The van der Waals surface area contributed by atoms with Gasteiger partial charge in [-0.1, -0.05) is 0 Å². The van der Waals surface area contributed by atoms with Gasteiger partial charge in [0.2, 0.25) is 0 Å². The van der Waals surface area contributed by atoms with Crippen LogP contribution in [0, 0.1) is 5.41 Å². The Hall–Kier alpha value is -0.900. The monoisotopic (exact) mass is 168 g/mol. The van der Waals surface area contributed by atoms with Crippen LogP contribution in [0.1, 0.15) is 20.8 Å². The van der Waals surface area contributed by atoms with Gasteiger partial charge in [0.1, 0.15) is 0 Å². The predicted octanol–water partition coefficient (Wildman–Crippen LogP) is 0.649. The molecule has 1 aliphatic rings. The number of hydrazone groups is 2. The van der Waals surface area contributed by atoms with Crippen LogP contribution < -0.4 is 5.73 Å². The van der Waals surface area contributed by atoms with Gasteiger partial charge in [0.25, 0.3) is 0 Å². The third-order valence-corrected chi connectivity index (χ3v) is 2.04. The predicted molar refractivity (Wildman–Crippen MR) is 51.1 cm³/mol.